The summed E-state index contributed by atoms with van der Waals surface area (Å²) < 4.78 is 5.38. The lowest BCUT2D eigenvalue weighted by atomic mass is 10.0. The van der Waals surface area contributed by atoms with Gasteiger partial charge in [0.2, 0.25) is 0 Å². The third-order valence-corrected chi connectivity index (χ3v) is 3.32. The number of phenols is 2. The second-order valence-corrected chi connectivity index (χ2v) is 5.55. The van der Waals surface area contributed by atoms with E-state index in [4.69, 9.17) is 4.74 Å². The van der Waals surface area contributed by atoms with E-state index in [1.54, 1.807) is 0 Å². The summed E-state index contributed by atoms with van der Waals surface area (Å²) >= 11 is 0. The molecule has 0 heterocycles. The Hall–Kier alpha value is -3.02. The van der Waals surface area contributed by atoms with Gasteiger partial charge >= 0.3 is 0 Å². The highest BCUT2D eigenvalue weighted by Gasteiger charge is 2.04. The molecule has 2 rings (SSSR count). The normalized spacial score (nSPS) is 11.0. The largest absolute Gasteiger partial charge is 0.508 e. The van der Waals surface area contributed by atoms with Gasteiger partial charge in [-0.05, 0) is 35.7 Å². The van der Waals surface area contributed by atoms with Crippen molar-refractivity contribution >= 4 is 12.1 Å². The summed E-state index contributed by atoms with van der Waals surface area (Å²) in [4.78, 5) is 11.7. The monoisotopic (exact) mass is 328 g/mol. The van der Waals surface area contributed by atoms with Crippen LogP contribution in [0, 0.1) is 0 Å². The van der Waals surface area contributed by atoms with Crippen LogP contribution in [0.3, 0.4) is 0 Å². The second-order valence-electron chi connectivity index (χ2n) is 5.55. The first-order valence-corrected chi connectivity index (χ1v) is 7.52. The van der Waals surface area contributed by atoms with Crippen molar-refractivity contribution in [2.45, 2.75) is 19.8 Å². The number of carbonyl (C=O) groups excluding carboxylic acids is 1. The van der Waals surface area contributed by atoms with E-state index in [2.05, 4.69) is 24.4 Å². The van der Waals surface area contributed by atoms with Gasteiger partial charge in [-0.2, -0.15) is 5.10 Å². The zero-order chi connectivity index (χ0) is 17.5. The topological polar surface area (TPSA) is 91.2 Å². The minimum atomic E-state index is -0.419. The number of nitrogens with one attached hydrogen (secondary N) is 1. The molecule has 0 aliphatic rings. The Morgan fingerprint density at radius 1 is 1.21 bits per heavy atom. The maximum atomic E-state index is 11.7. The number of hydrogen-bond donors (Lipinski definition) is 3. The van der Waals surface area contributed by atoms with Gasteiger partial charge in [-0.15, -0.1) is 0 Å². The third-order valence-electron chi connectivity index (χ3n) is 3.32. The quantitative estimate of drug-likeness (QED) is 0.562. The van der Waals surface area contributed by atoms with Gasteiger partial charge in [-0.3, -0.25) is 4.79 Å². The van der Waals surface area contributed by atoms with Crippen molar-refractivity contribution in [2.24, 2.45) is 5.10 Å². The van der Waals surface area contributed by atoms with Gasteiger partial charge in [0, 0.05) is 11.6 Å². The van der Waals surface area contributed by atoms with Crippen molar-refractivity contribution in [1.29, 1.82) is 0 Å². The molecule has 126 valence electrons. The van der Waals surface area contributed by atoms with Gasteiger partial charge in [0.25, 0.3) is 5.91 Å². The van der Waals surface area contributed by atoms with Crippen molar-refractivity contribution < 1.29 is 19.7 Å². The first-order valence-electron chi connectivity index (χ1n) is 7.52. The molecule has 1 amide bonds. The van der Waals surface area contributed by atoms with Gasteiger partial charge in [0.05, 0.1) is 6.21 Å². The number of carbonyl (C=O) groups is 1. The lowest BCUT2D eigenvalue weighted by Crippen LogP contribution is -2.24. The highest BCUT2D eigenvalue weighted by Crippen LogP contribution is 2.20. The van der Waals surface area contributed by atoms with E-state index in [0.717, 1.165) is 0 Å². The van der Waals surface area contributed by atoms with E-state index in [1.807, 2.05) is 24.3 Å². The number of ether oxygens (including phenoxy) is 1. The predicted molar refractivity (Wildman–Crippen MR) is 91.5 cm³/mol. The smallest absolute Gasteiger partial charge is 0.277 e. The van der Waals surface area contributed by atoms with E-state index in [9.17, 15) is 15.0 Å². The molecule has 2 aromatic rings. The summed E-state index contributed by atoms with van der Waals surface area (Å²) in [5.74, 6) is 0.445. The van der Waals surface area contributed by atoms with E-state index in [0.29, 0.717) is 17.2 Å². The molecule has 0 saturated carbocycles. The molecular formula is C18H20N2O4. The summed E-state index contributed by atoms with van der Waals surface area (Å²) in [7, 11) is 0. The van der Waals surface area contributed by atoms with E-state index in [1.165, 1.54) is 30.0 Å². The van der Waals surface area contributed by atoms with Gasteiger partial charge < -0.3 is 14.9 Å². The zero-order valence-corrected chi connectivity index (χ0v) is 13.6. The summed E-state index contributed by atoms with van der Waals surface area (Å²) in [6.07, 6.45) is 1.28. The standard InChI is InChI=1S/C18H20N2O4/c1-12(2)13-4-7-16(8-5-13)24-11-18(23)20-19-10-14-3-6-15(21)9-17(14)22/h3-10,12,21-22H,11H2,1-2H3,(H,20,23). The number of nitrogens with zero attached hydrogens (tertiary/aromatic N) is 1. The Kier molecular flexibility index (Phi) is 5.78. The SMILES string of the molecule is CC(C)c1ccc(OCC(=O)NN=Cc2ccc(O)cc2O)cc1. The van der Waals surface area contributed by atoms with Crippen LogP contribution < -0.4 is 10.2 Å². The lowest BCUT2D eigenvalue weighted by Gasteiger charge is -2.08. The Balaban J connectivity index is 1.81. The molecule has 0 spiro atoms. The Bertz CT molecular complexity index is 724. The molecule has 0 bridgehead atoms. The molecule has 0 unspecified atom stereocenters. The molecule has 2 aromatic carbocycles. The van der Waals surface area contributed by atoms with Crippen LogP contribution in [0.2, 0.25) is 0 Å². The lowest BCUT2D eigenvalue weighted by molar-refractivity contribution is -0.123. The number of amides is 1. The van der Waals surface area contributed by atoms with Gasteiger partial charge in [0.15, 0.2) is 6.61 Å². The molecule has 0 saturated heterocycles. The number of rotatable bonds is 6. The Labute approximate surface area is 140 Å². The van der Waals surface area contributed by atoms with Crippen LogP contribution in [-0.2, 0) is 4.79 Å². The minimum absolute atomic E-state index is 0.0504. The molecule has 0 fully saturated rings. The molecule has 0 aromatic heterocycles. The van der Waals surface area contributed by atoms with Crippen LogP contribution in [0.15, 0.2) is 47.6 Å². The summed E-state index contributed by atoms with van der Waals surface area (Å²) in [5.41, 5.74) is 3.88. The molecule has 6 nitrogen and oxygen atoms in total. The van der Waals surface area contributed by atoms with E-state index < -0.39 is 5.91 Å². The maximum Gasteiger partial charge on any atom is 0.277 e. The van der Waals surface area contributed by atoms with Gasteiger partial charge in [0.1, 0.15) is 17.2 Å². The summed E-state index contributed by atoms with van der Waals surface area (Å²) in [5, 5.41) is 22.5. The number of hydrazone groups is 1. The number of benzene rings is 2. The first-order chi connectivity index (χ1) is 11.5. The van der Waals surface area contributed by atoms with Gasteiger partial charge in [-0.25, -0.2) is 5.43 Å². The average Bonchev–Trinajstić information content (AvgIpc) is 2.55. The third kappa shape index (κ3) is 5.01. The molecular weight excluding hydrogens is 308 g/mol. The van der Waals surface area contributed by atoms with Crippen LogP contribution in [0.1, 0.15) is 30.9 Å². The first kappa shape index (κ1) is 17.3. The van der Waals surface area contributed by atoms with Crippen LogP contribution >= 0.6 is 0 Å². The highest BCUT2D eigenvalue weighted by atomic mass is 16.5. The molecule has 3 N–H and O–H groups in total. The number of phenolic OH excluding ortho intramolecular Hbond substituents is 2. The number of hydrogen-bond acceptors (Lipinski definition) is 5. The fourth-order valence-corrected chi connectivity index (χ4v) is 1.95. The second kappa shape index (κ2) is 8.01. The van der Waals surface area contributed by atoms with E-state index in [-0.39, 0.29) is 18.1 Å². The van der Waals surface area contributed by atoms with Crippen molar-refractivity contribution in [3.63, 3.8) is 0 Å². The summed E-state index contributed by atoms with van der Waals surface area (Å²) in [6.45, 7) is 4.04. The molecule has 0 radical (unpaired) electrons. The molecule has 0 aliphatic heterocycles. The van der Waals surface area contributed by atoms with Crippen molar-refractivity contribution in [3.8, 4) is 17.2 Å². The maximum absolute atomic E-state index is 11.7. The average molecular weight is 328 g/mol. The molecule has 0 aliphatic carbocycles. The van der Waals surface area contributed by atoms with Crippen molar-refractivity contribution in [3.05, 3.63) is 53.6 Å². The molecule has 0 atom stereocenters. The van der Waals surface area contributed by atoms with Crippen molar-refractivity contribution in [2.75, 3.05) is 6.61 Å². The molecule has 24 heavy (non-hydrogen) atoms. The summed E-state index contributed by atoms with van der Waals surface area (Å²) in [6, 6.07) is 11.6. The minimum Gasteiger partial charge on any atom is -0.508 e. The fourth-order valence-electron chi connectivity index (χ4n) is 1.95. The van der Waals surface area contributed by atoms with Crippen LogP contribution in [-0.4, -0.2) is 28.9 Å². The van der Waals surface area contributed by atoms with Crippen LogP contribution in [0.25, 0.3) is 0 Å². The van der Waals surface area contributed by atoms with Crippen LogP contribution in [0.5, 0.6) is 17.2 Å². The van der Waals surface area contributed by atoms with Gasteiger partial charge in [-0.1, -0.05) is 26.0 Å². The fraction of sp³-hybridized carbons (Fsp3) is 0.222. The number of aromatic hydroxyl groups is 2. The zero-order valence-electron chi connectivity index (χ0n) is 13.6. The van der Waals surface area contributed by atoms with Crippen LogP contribution in [0.4, 0.5) is 0 Å². The Morgan fingerprint density at radius 2 is 1.92 bits per heavy atom. The Morgan fingerprint density at radius 3 is 2.54 bits per heavy atom. The highest BCUT2D eigenvalue weighted by molar-refractivity contribution is 5.85. The molecule has 6 heteroatoms. The van der Waals surface area contributed by atoms with E-state index >= 15 is 0 Å². The van der Waals surface area contributed by atoms with Crippen molar-refractivity contribution in [1.82, 2.24) is 5.43 Å². The predicted octanol–water partition coefficient (Wildman–Crippen LogP) is 2.75.